The van der Waals surface area contributed by atoms with Gasteiger partial charge in [-0.15, -0.1) is 0 Å². The molecule has 114 valence electrons. The highest BCUT2D eigenvalue weighted by Gasteiger charge is 2.04. The van der Waals surface area contributed by atoms with Gasteiger partial charge in [-0.25, -0.2) is 15.4 Å². The Morgan fingerprint density at radius 2 is 1.52 bits per heavy atom. The van der Waals surface area contributed by atoms with Gasteiger partial charge in [-0.3, -0.25) is 0 Å². The molecule has 0 unspecified atom stereocenters. The molecule has 0 aliphatic rings. The number of nitrogens with one attached hydrogen (secondary N) is 3. The van der Waals surface area contributed by atoms with Crippen molar-refractivity contribution in [3.63, 3.8) is 0 Å². The molecule has 3 N–H and O–H groups in total. The Labute approximate surface area is 139 Å². The first-order valence-corrected chi connectivity index (χ1v) is 7.40. The summed E-state index contributed by atoms with van der Waals surface area (Å²) in [5.41, 5.74) is 5.88. The molecule has 2 aromatic heterocycles. The number of halogens is 2. The van der Waals surface area contributed by atoms with Crippen LogP contribution in [0.5, 0.6) is 0 Å². The lowest BCUT2D eigenvalue weighted by molar-refractivity contribution is 1.05. The van der Waals surface area contributed by atoms with Crippen LogP contribution < -0.4 is 5.43 Å². The van der Waals surface area contributed by atoms with Crippen LogP contribution in [0.15, 0.2) is 46.7 Å². The van der Waals surface area contributed by atoms with Crippen LogP contribution >= 0.6 is 23.2 Å². The smallest absolute Gasteiger partial charge is 0.249 e. The lowest BCUT2D eigenvalue weighted by Gasteiger charge is -1.90. The quantitative estimate of drug-likeness (QED) is 0.365. The zero-order chi connectivity index (χ0) is 15.8. The molecule has 0 aliphatic carbocycles. The van der Waals surface area contributed by atoms with Gasteiger partial charge in [0.1, 0.15) is 0 Å². The van der Waals surface area contributed by atoms with Crippen LogP contribution in [-0.2, 0) is 0 Å². The highest BCUT2D eigenvalue weighted by molar-refractivity contribution is 6.31. The number of hydrogen-bond donors (Lipinski definition) is 3. The predicted molar refractivity (Wildman–Crippen MR) is 90.3 cm³/mol. The molecule has 0 atom stereocenters. The second kappa shape index (κ2) is 5.53. The van der Waals surface area contributed by atoms with Gasteiger partial charge in [-0.05, 0) is 36.4 Å². The minimum absolute atomic E-state index is 0.369. The minimum atomic E-state index is 0.369. The van der Waals surface area contributed by atoms with E-state index in [1.54, 1.807) is 24.3 Å². The molecule has 0 fully saturated rings. The van der Waals surface area contributed by atoms with Gasteiger partial charge in [0.25, 0.3) is 0 Å². The van der Waals surface area contributed by atoms with Crippen molar-refractivity contribution in [3.05, 3.63) is 46.4 Å². The van der Waals surface area contributed by atoms with Gasteiger partial charge >= 0.3 is 0 Å². The highest BCUT2D eigenvalue weighted by Crippen LogP contribution is 2.21. The number of fused-ring (bicyclic) bond motifs is 2. The fourth-order valence-electron chi connectivity index (χ4n) is 2.17. The third-order valence-electron chi connectivity index (χ3n) is 3.18. The molecule has 23 heavy (non-hydrogen) atoms. The molecule has 0 bridgehead atoms. The van der Waals surface area contributed by atoms with Crippen molar-refractivity contribution in [2.45, 2.75) is 0 Å². The highest BCUT2D eigenvalue weighted by atomic mass is 35.5. The molecule has 0 radical (unpaired) electrons. The number of hydrogen-bond acceptors (Lipinski definition) is 4. The summed E-state index contributed by atoms with van der Waals surface area (Å²) < 4.78 is 0. The lowest BCUT2D eigenvalue weighted by Crippen LogP contribution is -1.88. The first-order chi connectivity index (χ1) is 11.2. The topological polar surface area (TPSA) is 94.1 Å². The summed E-state index contributed by atoms with van der Waals surface area (Å²) in [7, 11) is 0. The number of benzene rings is 2. The van der Waals surface area contributed by atoms with Crippen LogP contribution in [0.3, 0.4) is 0 Å². The fourth-order valence-corrected chi connectivity index (χ4v) is 2.51. The lowest BCUT2D eigenvalue weighted by atomic mass is 10.3. The Morgan fingerprint density at radius 1 is 0.870 bits per heavy atom. The summed E-state index contributed by atoms with van der Waals surface area (Å²) >= 11 is 11.9. The molecule has 0 amide bonds. The minimum Gasteiger partial charge on any atom is -0.323 e. The number of rotatable bonds is 3. The Morgan fingerprint density at radius 3 is 2.26 bits per heavy atom. The molecule has 0 spiro atoms. The molecule has 2 aromatic carbocycles. The zero-order valence-electron chi connectivity index (χ0n) is 11.5. The summed E-state index contributed by atoms with van der Waals surface area (Å²) in [6.45, 7) is 0. The average molecular weight is 346 g/mol. The Bertz CT molecular complexity index is 1030. The van der Waals surface area contributed by atoms with Crippen molar-refractivity contribution in [2.75, 3.05) is 5.43 Å². The van der Waals surface area contributed by atoms with Crippen molar-refractivity contribution >= 4 is 57.2 Å². The van der Waals surface area contributed by atoms with Crippen molar-refractivity contribution in [3.8, 4) is 0 Å². The maximum atomic E-state index is 5.93. The summed E-state index contributed by atoms with van der Waals surface area (Å²) in [6.07, 6.45) is 0. The number of aromatic amines is 2. The van der Waals surface area contributed by atoms with E-state index in [-0.39, 0.29) is 0 Å². The molecule has 4 rings (SSSR count). The van der Waals surface area contributed by atoms with E-state index in [4.69, 9.17) is 23.2 Å². The van der Waals surface area contributed by atoms with Gasteiger partial charge in [0.2, 0.25) is 11.9 Å². The average Bonchev–Trinajstić information content (AvgIpc) is 3.09. The number of H-pyrrole nitrogens is 2. The largest absolute Gasteiger partial charge is 0.323 e. The summed E-state index contributed by atoms with van der Waals surface area (Å²) in [5.74, 6) is 0.832. The van der Waals surface area contributed by atoms with Crippen molar-refractivity contribution in [2.24, 2.45) is 10.3 Å². The molecule has 2 heterocycles. The first kappa shape index (κ1) is 14.0. The van der Waals surface area contributed by atoms with E-state index in [1.165, 1.54) is 0 Å². The van der Waals surface area contributed by atoms with Crippen molar-refractivity contribution < 1.29 is 0 Å². The van der Waals surface area contributed by atoms with Crippen molar-refractivity contribution in [1.29, 1.82) is 0 Å². The molecule has 7 nitrogen and oxygen atoms in total. The van der Waals surface area contributed by atoms with Gasteiger partial charge < -0.3 is 9.97 Å². The van der Waals surface area contributed by atoms with E-state index >= 15 is 0 Å². The van der Waals surface area contributed by atoms with Crippen LogP contribution in [-0.4, -0.2) is 19.9 Å². The molecule has 4 aromatic rings. The molecule has 9 heteroatoms. The molecular formula is C14H9Cl2N7. The monoisotopic (exact) mass is 345 g/mol. The summed E-state index contributed by atoms with van der Waals surface area (Å²) in [5, 5.41) is 9.11. The predicted octanol–water partition coefficient (Wildman–Crippen LogP) is 4.86. The summed E-state index contributed by atoms with van der Waals surface area (Å²) in [4.78, 5) is 14.6. The maximum absolute atomic E-state index is 5.93. The van der Waals surface area contributed by atoms with Gasteiger partial charge in [0.15, 0.2) is 0 Å². The van der Waals surface area contributed by atoms with E-state index in [0.29, 0.717) is 21.9 Å². The maximum Gasteiger partial charge on any atom is 0.249 e. The number of anilines is 1. The van der Waals surface area contributed by atoms with Crippen LogP contribution in [0.25, 0.3) is 22.1 Å². The standard InChI is InChI=1S/C14H9Cl2N7/c15-7-1-3-9-11(5-7)19-13(17-9)21-23-22-14-18-10-4-2-8(16)6-12(10)20-14/h1-6H,(H3,17,18,19,20,21,22). The first-order valence-electron chi connectivity index (χ1n) is 6.65. The third kappa shape index (κ3) is 2.84. The summed E-state index contributed by atoms with van der Waals surface area (Å²) in [6, 6.07) is 10.7. The van der Waals surface area contributed by atoms with E-state index in [2.05, 4.69) is 35.7 Å². The van der Waals surface area contributed by atoms with E-state index in [1.807, 2.05) is 12.1 Å². The number of nitrogens with zero attached hydrogens (tertiary/aromatic N) is 4. The zero-order valence-corrected chi connectivity index (χ0v) is 13.0. The number of imidazole rings is 2. The van der Waals surface area contributed by atoms with Gasteiger partial charge in [0.05, 0.1) is 22.1 Å². The van der Waals surface area contributed by atoms with Crippen molar-refractivity contribution in [1.82, 2.24) is 19.9 Å². The van der Waals surface area contributed by atoms with Crippen LogP contribution in [0.2, 0.25) is 10.0 Å². The normalized spacial score (nSPS) is 11.7. The Kier molecular flexibility index (Phi) is 3.36. The van der Waals surface area contributed by atoms with Crippen LogP contribution in [0.4, 0.5) is 11.9 Å². The third-order valence-corrected chi connectivity index (χ3v) is 3.65. The molecule has 0 saturated carbocycles. The Balaban J connectivity index is 1.55. The van der Waals surface area contributed by atoms with Gasteiger partial charge in [0, 0.05) is 10.0 Å². The Hall–Kier alpha value is -2.64. The molecule has 0 aliphatic heterocycles. The molecule has 0 saturated heterocycles. The van der Waals surface area contributed by atoms with Gasteiger partial charge in [-0.2, -0.15) is 0 Å². The second-order valence-electron chi connectivity index (χ2n) is 4.78. The van der Waals surface area contributed by atoms with E-state index in [0.717, 1.165) is 22.1 Å². The van der Waals surface area contributed by atoms with Crippen LogP contribution in [0.1, 0.15) is 0 Å². The fraction of sp³-hybridized carbons (Fsp3) is 0. The number of aromatic nitrogens is 4. The van der Waals surface area contributed by atoms with Gasteiger partial charge in [-0.1, -0.05) is 33.5 Å². The van der Waals surface area contributed by atoms with E-state index in [9.17, 15) is 0 Å². The van der Waals surface area contributed by atoms with E-state index < -0.39 is 0 Å². The van der Waals surface area contributed by atoms with Crippen LogP contribution in [0, 0.1) is 0 Å². The second-order valence-corrected chi connectivity index (χ2v) is 5.65. The molecular weight excluding hydrogens is 337 g/mol. The SMILES string of the molecule is Clc1ccc2nc(N=NNc3nc4ccc(Cl)cc4[nH]3)[nH]c2c1.